The summed E-state index contributed by atoms with van der Waals surface area (Å²) < 4.78 is 39.3. The van der Waals surface area contributed by atoms with Crippen molar-refractivity contribution in [1.29, 1.82) is 0 Å². The van der Waals surface area contributed by atoms with Gasteiger partial charge in [-0.25, -0.2) is 13.1 Å². The molecule has 9 heteroatoms. The summed E-state index contributed by atoms with van der Waals surface area (Å²) in [4.78, 5) is 16.9. The largest absolute Gasteiger partial charge is 0.495 e. The Bertz CT molecular complexity index is 1240. The zero-order valence-corrected chi connectivity index (χ0v) is 20.5. The molecule has 0 aliphatic heterocycles. The van der Waals surface area contributed by atoms with Gasteiger partial charge in [0.15, 0.2) is 0 Å². The molecule has 3 rings (SSSR count). The van der Waals surface area contributed by atoms with Crippen LogP contribution in [0.5, 0.6) is 11.5 Å². The molecular weight excluding hydrogens is 454 g/mol. The van der Waals surface area contributed by atoms with Crippen LogP contribution in [-0.2, 0) is 23.2 Å². The average Bonchev–Trinajstić information content (AvgIpc) is 2.80. The predicted octanol–water partition coefficient (Wildman–Crippen LogP) is 3.68. The third kappa shape index (κ3) is 7.03. The molecule has 1 heterocycles. The van der Waals surface area contributed by atoms with E-state index in [0.29, 0.717) is 12.4 Å². The normalized spacial score (nSPS) is 11.6. The van der Waals surface area contributed by atoms with Gasteiger partial charge in [0.1, 0.15) is 23.0 Å². The smallest absolute Gasteiger partial charge is 0.251 e. The van der Waals surface area contributed by atoms with Crippen molar-refractivity contribution in [2.75, 3.05) is 7.11 Å². The van der Waals surface area contributed by atoms with Crippen LogP contribution in [0.4, 0.5) is 0 Å². The molecule has 180 valence electrons. The maximum atomic E-state index is 12.8. The van der Waals surface area contributed by atoms with Gasteiger partial charge in [-0.3, -0.25) is 9.78 Å². The lowest BCUT2D eigenvalue weighted by Crippen LogP contribution is -2.40. The molecule has 0 spiro atoms. The van der Waals surface area contributed by atoms with Gasteiger partial charge in [0.25, 0.3) is 5.91 Å². The molecule has 34 heavy (non-hydrogen) atoms. The van der Waals surface area contributed by atoms with Crippen LogP contribution in [0.2, 0.25) is 0 Å². The minimum Gasteiger partial charge on any atom is -0.495 e. The summed E-state index contributed by atoms with van der Waals surface area (Å²) in [7, 11) is -2.51. The van der Waals surface area contributed by atoms with Crippen molar-refractivity contribution in [3.8, 4) is 11.5 Å². The second-order valence-corrected chi connectivity index (χ2v) is 10.3. The first-order valence-electron chi connectivity index (χ1n) is 10.7. The maximum absolute atomic E-state index is 12.8. The maximum Gasteiger partial charge on any atom is 0.251 e. The quantitative estimate of drug-likeness (QED) is 0.481. The number of amides is 1. The Kier molecular flexibility index (Phi) is 7.90. The second-order valence-electron chi connectivity index (χ2n) is 8.66. The van der Waals surface area contributed by atoms with E-state index in [4.69, 9.17) is 9.47 Å². The molecule has 0 radical (unpaired) electrons. The number of carbonyl (C=O) groups is 1. The third-order valence-electron chi connectivity index (χ3n) is 4.62. The number of ether oxygens (including phenoxy) is 2. The van der Waals surface area contributed by atoms with Crippen LogP contribution in [0, 0.1) is 0 Å². The molecule has 1 aromatic heterocycles. The molecule has 0 fully saturated rings. The zero-order valence-electron chi connectivity index (χ0n) is 19.7. The molecule has 2 aromatic carbocycles. The van der Waals surface area contributed by atoms with Gasteiger partial charge >= 0.3 is 0 Å². The fourth-order valence-corrected chi connectivity index (χ4v) is 4.77. The van der Waals surface area contributed by atoms with Crippen molar-refractivity contribution < 1.29 is 22.7 Å². The van der Waals surface area contributed by atoms with E-state index in [-0.39, 0.29) is 22.8 Å². The number of nitrogens with one attached hydrogen (secondary N) is 2. The van der Waals surface area contributed by atoms with Crippen LogP contribution in [0.1, 0.15) is 42.4 Å². The molecule has 0 atom stereocenters. The molecule has 0 unspecified atom stereocenters. The lowest BCUT2D eigenvalue weighted by atomic mass is 10.1. The van der Waals surface area contributed by atoms with Gasteiger partial charge in [0.05, 0.1) is 12.8 Å². The highest BCUT2D eigenvalue weighted by Crippen LogP contribution is 2.26. The summed E-state index contributed by atoms with van der Waals surface area (Å²) in [5.41, 5.74) is 1.17. The zero-order chi connectivity index (χ0) is 24.8. The lowest BCUT2D eigenvalue weighted by molar-refractivity contribution is 0.0950. The summed E-state index contributed by atoms with van der Waals surface area (Å²) in [6.07, 6.45) is 1.71. The van der Waals surface area contributed by atoms with Crippen LogP contribution >= 0.6 is 0 Å². The molecule has 0 bridgehead atoms. The molecule has 0 aliphatic carbocycles. The fourth-order valence-electron chi connectivity index (χ4n) is 3.16. The van der Waals surface area contributed by atoms with Crippen molar-refractivity contribution in [2.45, 2.75) is 44.4 Å². The number of benzene rings is 2. The van der Waals surface area contributed by atoms with Crippen molar-refractivity contribution in [1.82, 2.24) is 15.0 Å². The molecular formula is C25H29N3O5S. The van der Waals surface area contributed by atoms with E-state index in [1.54, 1.807) is 27.0 Å². The number of hydrogen-bond donors (Lipinski definition) is 2. The molecule has 8 nitrogen and oxygen atoms in total. The van der Waals surface area contributed by atoms with Gasteiger partial charge in [-0.2, -0.15) is 0 Å². The number of nitrogens with zero attached hydrogens (tertiary/aromatic N) is 1. The van der Waals surface area contributed by atoms with Crippen molar-refractivity contribution >= 4 is 15.9 Å². The van der Waals surface area contributed by atoms with Gasteiger partial charge in [0, 0.05) is 23.8 Å². The highest BCUT2D eigenvalue weighted by atomic mass is 32.2. The standard InChI is InChI=1S/C25H29N3O5S/c1-25(2,3)28-34(30,31)23-15-19(11-12-22(23)32-4)24(29)27-16-18-8-7-10-21(14-18)33-17-20-9-5-6-13-26-20/h5-15,28H,16-17H2,1-4H3,(H,27,29). The summed E-state index contributed by atoms with van der Waals surface area (Å²) >= 11 is 0. The highest BCUT2D eigenvalue weighted by Gasteiger charge is 2.26. The van der Waals surface area contributed by atoms with Gasteiger partial charge in [-0.1, -0.05) is 18.2 Å². The van der Waals surface area contributed by atoms with E-state index in [2.05, 4.69) is 15.0 Å². The summed E-state index contributed by atoms with van der Waals surface area (Å²) in [5.74, 6) is 0.407. The van der Waals surface area contributed by atoms with Gasteiger partial charge in [0.2, 0.25) is 10.0 Å². The number of carbonyl (C=O) groups excluding carboxylic acids is 1. The summed E-state index contributed by atoms with van der Waals surface area (Å²) in [6.45, 7) is 5.79. The first-order valence-corrected chi connectivity index (χ1v) is 12.2. The van der Waals surface area contributed by atoms with E-state index in [1.165, 1.54) is 25.3 Å². The number of pyridine rings is 1. The SMILES string of the molecule is COc1ccc(C(=O)NCc2cccc(OCc3ccccn3)c2)cc1S(=O)(=O)NC(C)(C)C. The molecule has 0 aliphatic rings. The van der Waals surface area contributed by atoms with Crippen LogP contribution in [0.25, 0.3) is 0 Å². The van der Waals surface area contributed by atoms with Crippen molar-refractivity contribution in [2.24, 2.45) is 0 Å². The Morgan fingerprint density at radius 1 is 1.03 bits per heavy atom. The van der Waals surface area contributed by atoms with E-state index in [9.17, 15) is 13.2 Å². The van der Waals surface area contributed by atoms with E-state index < -0.39 is 21.5 Å². The molecule has 3 aromatic rings. The monoisotopic (exact) mass is 483 g/mol. The Labute approximate surface area is 200 Å². The number of methoxy groups -OCH3 is 1. The van der Waals surface area contributed by atoms with Crippen LogP contribution in [0.3, 0.4) is 0 Å². The minimum atomic E-state index is -3.90. The Hall–Kier alpha value is -3.43. The van der Waals surface area contributed by atoms with Crippen LogP contribution < -0.4 is 19.5 Å². The minimum absolute atomic E-state index is 0.0949. The number of rotatable bonds is 9. The Balaban J connectivity index is 1.69. The van der Waals surface area contributed by atoms with Gasteiger partial charge < -0.3 is 14.8 Å². The Morgan fingerprint density at radius 2 is 1.82 bits per heavy atom. The van der Waals surface area contributed by atoms with E-state index >= 15 is 0 Å². The Morgan fingerprint density at radius 3 is 2.50 bits per heavy atom. The topological polar surface area (TPSA) is 107 Å². The van der Waals surface area contributed by atoms with Crippen molar-refractivity contribution in [3.63, 3.8) is 0 Å². The molecule has 0 saturated carbocycles. The first-order chi connectivity index (χ1) is 16.1. The van der Waals surface area contributed by atoms with Gasteiger partial charge in [-0.15, -0.1) is 0 Å². The molecule has 2 N–H and O–H groups in total. The van der Waals surface area contributed by atoms with E-state index in [1.807, 2.05) is 42.5 Å². The number of hydrogen-bond acceptors (Lipinski definition) is 6. The lowest BCUT2D eigenvalue weighted by Gasteiger charge is -2.21. The number of aromatic nitrogens is 1. The summed E-state index contributed by atoms with van der Waals surface area (Å²) in [6, 6.07) is 17.3. The fraction of sp³-hybridized carbons (Fsp3) is 0.280. The number of sulfonamides is 1. The molecule has 1 amide bonds. The van der Waals surface area contributed by atoms with Crippen LogP contribution in [0.15, 0.2) is 71.8 Å². The third-order valence-corrected chi connectivity index (χ3v) is 6.40. The van der Waals surface area contributed by atoms with Gasteiger partial charge in [-0.05, 0) is 68.8 Å². The first kappa shape index (κ1) is 25.2. The molecule has 0 saturated heterocycles. The van der Waals surface area contributed by atoms with E-state index in [0.717, 1.165) is 11.3 Å². The van der Waals surface area contributed by atoms with Crippen molar-refractivity contribution in [3.05, 3.63) is 83.7 Å². The predicted molar refractivity (Wildman–Crippen MR) is 129 cm³/mol. The average molecular weight is 484 g/mol. The highest BCUT2D eigenvalue weighted by molar-refractivity contribution is 7.89. The van der Waals surface area contributed by atoms with Crippen LogP contribution in [-0.4, -0.2) is 32.0 Å². The second kappa shape index (κ2) is 10.7. The summed E-state index contributed by atoms with van der Waals surface area (Å²) in [5, 5.41) is 2.82.